The number of carbonyl (C=O) groups excluding carboxylic acids is 2. The number of nitrogens with zero attached hydrogens (tertiary/aromatic N) is 2. The molecule has 0 aromatic carbocycles. The van der Waals surface area contributed by atoms with Crippen molar-refractivity contribution in [2.45, 2.75) is 65.3 Å². The molecule has 0 spiro atoms. The van der Waals surface area contributed by atoms with Crippen LogP contribution in [0.15, 0.2) is 0 Å². The molecule has 6 heteroatoms. The monoisotopic (exact) mass is 366 g/mol. The average Bonchev–Trinajstić information content (AvgIpc) is 2.66. The van der Waals surface area contributed by atoms with Gasteiger partial charge in [0, 0.05) is 38.8 Å². The predicted molar refractivity (Wildman–Crippen MR) is 105 cm³/mol. The molecule has 2 aliphatic rings. The van der Waals surface area contributed by atoms with Gasteiger partial charge in [0.1, 0.15) is 0 Å². The Morgan fingerprint density at radius 1 is 1.04 bits per heavy atom. The van der Waals surface area contributed by atoms with Crippen molar-refractivity contribution in [2.75, 3.05) is 39.3 Å². The second-order valence-corrected chi connectivity index (χ2v) is 8.28. The van der Waals surface area contributed by atoms with Crippen LogP contribution in [0.4, 0.5) is 0 Å². The molecule has 26 heavy (non-hydrogen) atoms. The summed E-state index contributed by atoms with van der Waals surface area (Å²) in [5.41, 5.74) is 5.50. The van der Waals surface area contributed by atoms with Crippen molar-refractivity contribution in [1.82, 2.24) is 15.1 Å². The third kappa shape index (κ3) is 5.19. The number of carbonyl (C=O) groups is 2. The lowest BCUT2D eigenvalue weighted by Crippen LogP contribution is -2.56. The Morgan fingerprint density at radius 2 is 1.62 bits per heavy atom. The van der Waals surface area contributed by atoms with Crippen LogP contribution < -0.4 is 11.1 Å². The predicted octanol–water partition coefficient (Wildman–Crippen LogP) is 1.59. The molecule has 0 aromatic rings. The molecule has 0 unspecified atom stereocenters. The topological polar surface area (TPSA) is 78.7 Å². The molecule has 6 nitrogen and oxygen atoms in total. The van der Waals surface area contributed by atoms with Crippen LogP contribution in [0.1, 0.15) is 59.3 Å². The second-order valence-electron chi connectivity index (χ2n) is 8.28. The highest BCUT2D eigenvalue weighted by Gasteiger charge is 2.38. The molecule has 1 saturated carbocycles. The van der Waals surface area contributed by atoms with Gasteiger partial charge in [-0.25, -0.2) is 0 Å². The fourth-order valence-corrected chi connectivity index (χ4v) is 4.25. The summed E-state index contributed by atoms with van der Waals surface area (Å²) in [7, 11) is 0. The van der Waals surface area contributed by atoms with E-state index >= 15 is 0 Å². The van der Waals surface area contributed by atoms with Crippen LogP contribution >= 0.6 is 0 Å². The van der Waals surface area contributed by atoms with Gasteiger partial charge in [0.2, 0.25) is 11.8 Å². The summed E-state index contributed by atoms with van der Waals surface area (Å²) in [6.07, 6.45) is 6.19. The zero-order valence-corrected chi connectivity index (χ0v) is 16.9. The van der Waals surface area contributed by atoms with Crippen LogP contribution in [0, 0.1) is 11.3 Å². The first-order valence-corrected chi connectivity index (χ1v) is 10.4. The Labute approximate surface area is 158 Å². The minimum absolute atomic E-state index is 0.128. The molecule has 0 atom stereocenters. The number of nitrogens with two attached hydrogens (primary N) is 1. The van der Waals surface area contributed by atoms with Crippen molar-refractivity contribution in [3.63, 3.8) is 0 Å². The summed E-state index contributed by atoms with van der Waals surface area (Å²) in [4.78, 5) is 29.3. The lowest BCUT2D eigenvalue weighted by molar-refractivity contribution is -0.144. The summed E-state index contributed by atoms with van der Waals surface area (Å²) >= 11 is 0. The van der Waals surface area contributed by atoms with Gasteiger partial charge in [0.25, 0.3) is 0 Å². The van der Waals surface area contributed by atoms with Crippen LogP contribution in [0.2, 0.25) is 0 Å². The molecule has 0 radical (unpaired) electrons. The van der Waals surface area contributed by atoms with Gasteiger partial charge in [-0.2, -0.15) is 0 Å². The van der Waals surface area contributed by atoms with Gasteiger partial charge in [-0.3, -0.25) is 14.5 Å². The molecule has 1 aliphatic carbocycles. The smallest absolute Gasteiger partial charge is 0.234 e. The first kappa shape index (κ1) is 21.2. The molecule has 0 aromatic heterocycles. The lowest BCUT2D eigenvalue weighted by atomic mass is 9.81. The number of piperazine rings is 1. The van der Waals surface area contributed by atoms with E-state index in [1.54, 1.807) is 0 Å². The molecule has 1 heterocycles. The Morgan fingerprint density at radius 3 is 2.12 bits per heavy atom. The first-order chi connectivity index (χ1) is 12.4. The van der Waals surface area contributed by atoms with E-state index in [0.717, 1.165) is 44.7 Å². The Bertz CT molecular complexity index is 454. The highest BCUT2D eigenvalue weighted by Crippen LogP contribution is 2.28. The van der Waals surface area contributed by atoms with E-state index < -0.39 is 5.41 Å². The molecule has 1 saturated heterocycles. The van der Waals surface area contributed by atoms with E-state index in [0.29, 0.717) is 32.2 Å². The van der Waals surface area contributed by atoms with Gasteiger partial charge in [-0.05, 0) is 44.4 Å². The number of nitrogens with one attached hydrogen (secondary N) is 1. The van der Waals surface area contributed by atoms with Gasteiger partial charge in [-0.15, -0.1) is 0 Å². The molecular formula is C20H38N4O2. The maximum absolute atomic E-state index is 12.9. The van der Waals surface area contributed by atoms with Gasteiger partial charge in [0.15, 0.2) is 0 Å². The third-order valence-corrected chi connectivity index (χ3v) is 6.61. The zero-order valence-electron chi connectivity index (χ0n) is 16.9. The normalized spacial score (nSPS) is 25.2. The van der Waals surface area contributed by atoms with E-state index in [1.165, 1.54) is 12.8 Å². The molecule has 2 fully saturated rings. The first-order valence-electron chi connectivity index (χ1n) is 10.4. The lowest BCUT2D eigenvalue weighted by Gasteiger charge is -2.40. The highest BCUT2D eigenvalue weighted by atomic mass is 16.2. The molecule has 3 N–H and O–H groups in total. The van der Waals surface area contributed by atoms with Crippen LogP contribution in [0.3, 0.4) is 0 Å². The van der Waals surface area contributed by atoms with E-state index in [-0.39, 0.29) is 11.8 Å². The molecule has 2 rings (SSSR count). The standard InChI is InChI=1S/C20H38N4O2/c1-4-20(5-2,15-21)19(26)24-12-10-23(11-13-24)14-18(25)22-17-8-6-16(3)7-9-17/h16-17H,4-15,21H2,1-3H3,(H,22,25). The summed E-state index contributed by atoms with van der Waals surface area (Å²) in [5.74, 6) is 1.11. The third-order valence-electron chi connectivity index (χ3n) is 6.61. The minimum atomic E-state index is -0.419. The fourth-order valence-electron chi connectivity index (χ4n) is 4.25. The van der Waals surface area contributed by atoms with Crippen molar-refractivity contribution >= 4 is 11.8 Å². The van der Waals surface area contributed by atoms with Crippen molar-refractivity contribution in [3.8, 4) is 0 Å². The molecule has 1 aliphatic heterocycles. The van der Waals surface area contributed by atoms with Crippen LogP contribution in [-0.4, -0.2) is 66.9 Å². The average molecular weight is 367 g/mol. The largest absolute Gasteiger partial charge is 0.352 e. The second kappa shape index (κ2) is 9.70. The fraction of sp³-hybridized carbons (Fsp3) is 0.900. The molecule has 150 valence electrons. The minimum Gasteiger partial charge on any atom is -0.352 e. The molecule has 2 amide bonds. The van der Waals surface area contributed by atoms with E-state index in [4.69, 9.17) is 5.73 Å². The maximum Gasteiger partial charge on any atom is 0.234 e. The Kier molecular flexibility index (Phi) is 7.89. The molecular weight excluding hydrogens is 328 g/mol. The van der Waals surface area contributed by atoms with Gasteiger partial charge in [0.05, 0.1) is 12.0 Å². The Balaban J connectivity index is 1.75. The van der Waals surface area contributed by atoms with Crippen LogP contribution in [0.5, 0.6) is 0 Å². The van der Waals surface area contributed by atoms with E-state index in [1.807, 2.05) is 18.7 Å². The summed E-state index contributed by atoms with van der Waals surface area (Å²) in [5, 5.41) is 3.19. The zero-order chi connectivity index (χ0) is 19.2. The van der Waals surface area contributed by atoms with Crippen molar-refractivity contribution in [1.29, 1.82) is 0 Å². The van der Waals surface area contributed by atoms with Gasteiger partial charge >= 0.3 is 0 Å². The number of hydrogen-bond acceptors (Lipinski definition) is 4. The van der Waals surface area contributed by atoms with Crippen LogP contribution in [-0.2, 0) is 9.59 Å². The molecule has 0 bridgehead atoms. The van der Waals surface area contributed by atoms with Crippen molar-refractivity contribution in [2.24, 2.45) is 17.1 Å². The summed E-state index contributed by atoms with van der Waals surface area (Å²) in [6, 6.07) is 0.348. The number of amides is 2. The number of hydrogen-bond donors (Lipinski definition) is 2. The Hall–Kier alpha value is -1.14. The van der Waals surface area contributed by atoms with Crippen molar-refractivity contribution in [3.05, 3.63) is 0 Å². The number of rotatable bonds is 7. The van der Waals surface area contributed by atoms with Crippen LogP contribution in [0.25, 0.3) is 0 Å². The highest BCUT2D eigenvalue weighted by molar-refractivity contribution is 5.83. The van der Waals surface area contributed by atoms with Gasteiger partial charge < -0.3 is 16.0 Å². The quantitative estimate of drug-likeness (QED) is 0.717. The van der Waals surface area contributed by atoms with E-state index in [9.17, 15) is 9.59 Å². The maximum atomic E-state index is 12.9. The van der Waals surface area contributed by atoms with Crippen molar-refractivity contribution < 1.29 is 9.59 Å². The summed E-state index contributed by atoms with van der Waals surface area (Å²) in [6.45, 7) is 10.1. The summed E-state index contributed by atoms with van der Waals surface area (Å²) < 4.78 is 0. The van der Waals surface area contributed by atoms with E-state index in [2.05, 4.69) is 17.1 Å². The van der Waals surface area contributed by atoms with Gasteiger partial charge in [-0.1, -0.05) is 20.8 Å². The SMILES string of the molecule is CCC(CC)(CN)C(=O)N1CCN(CC(=O)NC2CCC(C)CC2)CC1.